The second kappa shape index (κ2) is 5.84. The minimum absolute atomic E-state index is 0.00805. The van der Waals surface area contributed by atoms with Gasteiger partial charge in [0.05, 0.1) is 40.8 Å². The van der Waals surface area contributed by atoms with Crippen molar-refractivity contribution in [2.45, 2.75) is 37.9 Å². The van der Waals surface area contributed by atoms with Gasteiger partial charge in [0.1, 0.15) is 1.37 Å². The molecule has 1 fully saturated rings. The van der Waals surface area contributed by atoms with E-state index in [0.717, 1.165) is 12.4 Å². The Balaban J connectivity index is 1.98. The van der Waals surface area contributed by atoms with E-state index >= 15 is 0 Å². The van der Waals surface area contributed by atoms with Gasteiger partial charge in [-0.3, -0.25) is 4.68 Å². The molecule has 23 heavy (non-hydrogen) atoms. The lowest BCUT2D eigenvalue weighted by molar-refractivity contribution is 0.315. The first-order valence-corrected chi connectivity index (χ1v) is 6.59. The summed E-state index contributed by atoms with van der Waals surface area (Å²) in [5.74, 6) is -3.64. The third-order valence-electron chi connectivity index (χ3n) is 3.28. The van der Waals surface area contributed by atoms with Crippen LogP contribution in [0.2, 0.25) is 0 Å². The van der Waals surface area contributed by atoms with Gasteiger partial charge in [-0.2, -0.15) is 10.4 Å². The molecule has 3 aliphatic rings. The maximum atomic E-state index is 9.46. The molecule has 0 unspecified atom stereocenters. The van der Waals surface area contributed by atoms with Gasteiger partial charge in [-0.25, -0.2) is 9.97 Å². The van der Waals surface area contributed by atoms with E-state index in [9.17, 15) is 5.26 Å². The highest BCUT2D eigenvalue weighted by Gasteiger charge is 2.27. The summed E-state index contributed by atoms with van der Waals surface area (Å²) in [5.41, 5.74) is 0.0555. The Kier molecular flexibility index (Phi) is 1.46. The number of H-pyrrole nitrogens is 1. The first-order valence-electron chi connectivity index (χ1n) is 13.1. The van der Waals surface area contributed by atoms with Crippen molar-refractivity contribution in [3.05, 3.63) is 30.9 Å². The number of hydrogen-bond acceptors (Lipinski definition) is 4. The van der Waals surface area contributed by atoms with E-state index in [1.54, 1.807) is 6.07 Å². The SMILES string of the molecule is [2H]c1nc2nc([2H])c([2H])c-2c(-c2cnn([C@@]([2H])(CC#N)C3([2H])C([2H])([2H])C([2H])([2H])C([2H])([2H])C3([2H])[2H])c2)[nH]1. The quantitative estimate of drug-likeness (QED) is 0.798. The lowest BCUT2D eigenvalue weighted by Gasteiger charge is -2.21. The normalized spacial score (nSPS) is 36.4. The van der Waals surface area contributed by atoms with Crippen LogP contribution in [-0.2, 0) is 0 Å². The lowest BCUT2D eigenvalue weighted by atomic mass is 9.96. The highest BCUT2D eigenvalue weighted by atomic mass is 15.3. The number of aromatic amines is 1. The Labute approximate surface area is 152 Å². The Morgan fingerprint density at radius 2 is 2.43 bits per heavy atom. The van der Waals surface area contributed by atoms with Gasteiger partial charge in [-0.15, -0.1) is 0 Å². The zero-order valence-electron chi connectivity index (χ0n) is 24.6. The Morgan fingerprint density at radius 3 is 3.26 bits per heavy atom. The molecule has 0 radical (unpaired) electrons. The van der Waals surface area contributed by atoms with Crippen molar-refractivity contribution in [2.75, 3.05) is 0 Å². The summed E-state index contributed by atoms with van der Waals surface area (Å²) < 4.78 is 108. The van der Waals surface area contributed by atoms with Crippen molar-refractivity contribution in [2.24, 2.45) is 5.89 Å². The first-order chi connectivity index (χ1) is 16.3. The minimum Gasteiger partial charge on any atom is -0.345 e. The van der Waals surface area contributed by atoms with Crippen molar-refractivity contribution >= 4 is 0 Å². The van der Waals surface area contributed by atoms with Gasteiger partial charge < -0.3 is 4.98 Å². The highest BCUT2D eigenvalue weighted by molar-refractivity contribution is 5.77. The van der Waals surface area contributed by atoms with Crippen molar-refractivity contribution in [1.82, 2.24) is 24.7 Å². The molecule has 1 N–H and O–H groups in total. The van der Waals surface area contributed by atoms with E-state index in [4.69, 9.17) is 17.8 Å². The average Bonchev–Trinajstić information content (AvgIpc) is 3.38. The van der Waals surface area contributed by atoms with Crippen molar-refractivity contribution in [1.29, 1.82) is 5.26 Å². The van der Waals surface area contributed by atoms with Crippen LogP contribution in [0.5, 0.6) is 0 Å². The van der Waals surface area contributed by atoms with Crippen LogP contribution in [-0.4, -0.2) is 24.7 Å². The number of nitriles is 1. The zero-order chi connectivity index (χ0) is 27.3. The van der Waals surface area contributed by atoms with E-state index < -0.39 is 56.3 Å². The molecule has 116 valence electrons. The van der Waals surface area contributed by atoms with E-state index in [0.29, 0.717) is 4.68 Å². The molecule has 0 bridgehead atoms. The van der Waals surface area contributed by atoms with Gasteiger partial charge in [0.2, 0.25) is 0 Å². The number of aromatic nitrogens is 5. The molecular formula is C17H18N6. The van der Waals surface area contributed by atoms with Crippen LogP contribution in [0, 0.1) is 17.2 Å². The molecule has 2 aliphatic heterocycles. The fourth-order valence-corrected chi connectivity index (χ4v) is 2.24. The first kappa shape index (κ1) is 5.75. The highest BCUT2D eigenvalue weighted by Crippen LogP contribution is 2.37. The van der Waals surface area contributed by atoms with Gasteiger partial charge in [-0.05, 0) is 24.7 Å². The molecule has 1 aliphatic carbocycles. The number of rotatable bonds is 4. The topological polar surface area (TPSA) is 83.2 Å². The van der Waals surface area contributed by atoms with Gasteiger partial charge in [0, 0.05) is 35.8 Å². The summed E-state index contributed by atoms with van der Waals surface area (Å²) in [6.07, 6.45) is -14.2. The van der Waals surface area contributed by atoms with E-state index in [1.165, 1.54) is 0 Å². The average molecular weight is 319 g/mol. The largest absolute Gasteiger partial charge is 0.345 e. The fourth-order valence-electron chi connectivity index (χ4n) is 2.24. The number of hydrogen-bond donors (Lipinski definition) is 1. The second-order valence-electron chi connectivity index (χ2n) is 4.60. The van der Waals surface area contributed by atoms with Crippen LogP contribution in [0.15, 0.2) is 30.9 Å². The number of nitrogens with zero attached hydrogens (tertiary/aromatic N) is 5. The van der Waals surface area contributed by atoms with Crippen molar-refractivity contribution < 1.29 is 17.8 Å². The van der Waals surface area contributed by atoms with Crippen LogP contribution in [0.4, 0.5) is 0 Å². The molecular weight excluding hydrogens is 288 g/mol. The molecule has 0 aromatic carbocycles. The molecule has 6 nitrogen and oxygen atoms in total. The zero-order valence-corrected chi connectivity index (χ0v) is 11.6. The summed E-state index contributed by atoms with van der Waals surface area (Å²) in [6, 6.07) is -1.75. The summed E-state index contributed by atoms with van der Waals surface area (Å²) >= 11 is 0. The smallest absolute Gasteiger partial charge is 0.162 e. The van der Waals surface area contributed by atoms with Crippen LogP contribution in [0.3, 0.4) is 0 Å². The Bertz CT molecular complexity index is 1350. The Morgan fingerprint density at radius 1 is 1.57 bits per heavy atom. The van der Waals surface area contributed by atoms with Gasteiger partial charge in [0.25, 0.3) is 0 Å². The maximum absolute atomic E-state index is 9.46. The molecule has 1 aromatic rings. The van der Waals surface area contributed by atoms with Crippen LogP contribution >= 0.6 is 0 Å². The molecule has 6 heteroatoms. The second-order valence-corrected chi connectivity index (χ2v) is 4.60. The predicted octanol–water partition coefficient (Wildman–Crippen LogP) is 3.42. The fraction of sp³-hybridized carbons (Fsp3) is 0.412. The summed E-state index contributed by atoms with van der Waals surface area (Å²) in [6.45, 7) is 0. The maximum Gasteiger partial charge on any atom is 0.162 e. The molecule has 0 saturated heterocycles. The standard InChI is InChI=1S/C17H18N6/c18-7-5-15(12-3-1-2-4-12)23-10-13(9-22-23)16-14-6-8-19-17(14)21-11-20-16/h6,8-12,15H,1-5H2,(H,19,20,21)/t15-/m0/s1/i1D2,2D2,3D2,4D2,6D,8D,11D,12D,15D. The van der Waals surface area contributed by atoms with Gasteiger partial charge in [0.15, 0.2) is 5.82 Å². The molecule has 1 atom stereocenters. The third-order valence-corrected chi connectivity index (χ3v) is 3.28. The summed E-state index contributed by atoms with van der Waals surface area (Å²) in [4.78, 5) is 10.2. The van der Waals surface area contributed by atoms with Gasteiger partial charge >= 0.3 is 0 Å². The Hall–Kier alpha value is -2.68. The van der Waals surface area contributed by atoms with Crippen LogP contribution in [0.1, 0.15) is 55.8 Å². The van der Waals surface area contributed by atoms with E-state index in [-0.39, 0.29) is 28.7 Å². The molecule has 0 amide bonds. The van der Waals surface area contributed by atoms with E-state index in [1.807, 2.05) is 0 Å². The number of nitrogens with one attached hydrogen (secondary N) is 1. The molecule has 1 aromatic heterocycles. The molecule has 3 heterocycles. The van der Waals surface area contributed by atoms with Gasteiger partial charge in [-0.1, -0.05) is 12.7 Å². The third kappa shape index (κ3) is 2.48. The molecule has 4 rings (SSSR count). The minimum atomic E-state index is -3.62. The van der Waals surface area contributed by atoms with Crippen molar-refractivity contribution in [3.8, 4) is 28.7 Å². The predicted molar refractivity (Wildman–Crippen MR) is 85.5 cm³/mol. The van der Waals surface area contributed by atoms with Crippen molar-refractivity contribution in [3.63, 3.8) is 0 Å². The lowest BCUT2D eigenvalue weighted by Crippen LogP contribution is -2.17. The number of fused-ring (bicyclic) bond motifs is 1. The van der Waals surface area contributed by atoms with E-state index in [2.05, 4.69) is 20.1 Å². The summed E-state index contributed by atoms with van der Waals surface area (Å²) in [5, 5.41) is 13.4. The van der Waals surface area contributed by atoms with Crippen LogP contribution in [0.25, 0.3) is 22.6 Å². The molecule has 0 spiro atoms. The monoisotopic (exact) mass is 319 g/mol. The molecule has 1 saturated carbocycles. The summed E-state index contributed by atoms with van der Waals surface area (Å²) in [7, 11) is 0. The van der Waals surface area contributed by atoms with Crippen LogP contribution < -0.4 is 0 Å².